The number of halogens is 3. The van der Waals surface area contributed by atoms with E-state index in [0.29, 0.717) is 11.8 Å². The van der Waals surface area contributed by atoms with Crippen LogP contribution in [0.4, 0.5) is 13.2 Å². The van der Waals surface area contributed by atoms with Crippen LogP contribution in [0.2, 0.25) is 0 Å². The van der Waals surface area contributed by atoms with Crippen molar-refractivity contribution in [3.8, 4) is 5.75 Å². The van der Waals surface area contributed by atoms with Gasteiger partial charge in [-0.05, 0) is 78.7 Å². The molecule has 3 aliphatic rings. The number of ether oxygens (including phenoxy) is 1. The maximum Gasteiger partial charge on any atom is 0.416 e. The van der Waals surface area contributed by atoms with Crippen molar-refractivity contribution in [3.63, 3.8) is 0 Å². The first kappa shape index (κ1) is 22.9. The van der Waals surface area contributed by atoms with E-state index in [-0.39, 0.29) is 6.04 Å². The van der Waals surface area contributed by atoms with Crippen molar-refractivity contribution in [1.29, 1.82) is 0 Å². The second-order valence-corrected chi connectivity index (χ2v) is 9.22. The summed E-state index contributed by atoms with van der Waals surface area (Å²) >= 11 is 0. The quantitative estimate of drug-likeness (QED) is 0.520. The Kier molecular flexibility index (Phi) is 6.08. The Morgan fingerprint density at radius 1 is 1.15 bits per heavy atom. The molecule has 0 radical (unpaired) electrons. The molecule has 5 atom stereocenters. The highest BCUT2D eigenvalue weighted by molar-refractivity contribution is 5.84. The first-order valence-corrected chi connectivity index (χ1v) is 11.5. The largest absolute Gasteiger partial charge is 0.497 e. The molecule has 3 fully saturated rings. The number of aliphatic hydroxyl groups excluding tert-OH is 1. The van der Waals surface area contributed by atoms with Crippen LogP contribution in [0.15, 0.2) is 60.8 Å². The van der Waals surface area contributed by atoms with Crippen LogP contribution in [0, 0.1) is 11.8 Å². The van der Waals surface area contributed by atoms with E-state index >= 15 is 0 Å². The number of fused-ring (bicyclic) bond motifs is 4. The van der Waals surface area contributed by atoms with E-state index in [4.69, 9.17) is 4.74 Å². The van der Waals surface area contributed by atoms with Gasteiger partial charge in [-0.25, -0.2) is 0 Å². The summed E-state index contributed by atoms with van der Waals surface area (Å²) in [5.41, 5.74) is 1.81. The van der Waals surface area contributed by atoms with E-state index in [1.54, 1.807) is 13.3 Å². The lowest BCUT2D eigenvalue weighted by Crippen LogP contribution is -2.54. The number of piperidine rings is 3. The molecule has 3 saturated heterocycles. The minimum absolute atomic E-state index is 0.0197. The lowest BCUT2D eigenvalue weighted by molar-refractivity contribution is -0.137. The number of methoxy groups -OCH3 is 1. The topological polar surface area (TPSA) is 45.6 Å². The molecule has 0 spiro atoms. The van der Waals surface area contributed by atoms with Crippen LogP contribution in [0.1, 0.15) is 35.6 Å². The van der Waals surface area contributed by atoms with E-state index in [9.17, 15) is 18.3 Å². The van der Waals surface area contributed by atoms with Gasteiger partial charge in [-0.1, -0.05) is 24.3 Å². The first-order chi connectivity index (χ1) is 16.3. The fourth-order valence-electron chi connectivity index (χ4n) is 5.41. The smallest absolute Gasteiger partial charge is 0.416 e. The third-order valence-electron chi connectivity index (χ3n) is 7.29. The average molecular weight is 469 g/mol. The maximum atomic E-state index is 12.8. The molecule has 4 nitrogen and oxygen atoms in total. The van der Waals surface area contributed by atoms with Crippen molar-refractivity contribution in [2.24, 2.45) is 11.8 Å². The minimum Gasteiger partial charge on any atom is -0.497 e. The van der Waals surface area contributed by atoms with Gasteiger partial charge in [0.2, 0.25) is 0 Å². The molecule has 2 bridgehead atoms. The standard InChI is InChI=1S/C27H27F3N2O2/c1-34-21-8-9-24-23(15-21)22(10-12-31-24)26(33)25-14-18-11-13-32(25)16-19(18)5-2-17-3-6-20(7-4-17)27(28,29)30/h2-10,12,15,18-19,25-26,33H,11,13-14,16H2,1H3/b5-2+/t18-,19+,25-,26-/m1/s1. The molecule has 0 saturated carbocycles. The summed E-state index contributed by atoms with van der Waals surface area (Å²) in [7, 11) is 1.62. The van der Waals surface area contributed by atoms with Crippen LogP contribution in [0.5, 0.6) is 5.75 Å². The van der Waals surface area contributed by atoms with E-state index in [1.807, 2.05) is 30.3 Å². The summed E-state index contributed by atoms with van der Waals surface area (Å²) in [6.45, 7) is 1.76. The Morgan fingerprint density at radius 3 is 2.62 bits per heavy atom. The van der Waals surface area contributed by atoms with Crippen LogP contribution in [-0.4, -0.2) is 41.2 Å². The predicted molar refractivity (Wildman–Crippen MR) is 125 cm³/mol. The number of aliphatic hydroxyl groups is 1. The second-order valence-electron chi connectivity index (χ2n) is 9.22. The monoisotopic (exact) mass is 468 g/mol. The molecule has 4 heterocycles. The van der Waals surface area contributed by atoms with Crippen LogP contribution in [0.25, 0.3) is 17.0 Å². The Hall–Kier alpha value is -2.90. The molecular formula is C27H27F3N2O2. The van der Waals surface area contributed by atoms with Gasteiger partial charge >= 0.3 is 6.18 Å². The highest BCUT2D eigenvalue weighted by Crippen LogP contribution is 2.42. The van der Waals surface area contributed by atoms with Crippen molar-refractivity contribution in [3.05, 3.63) is 77.5 Å². The van der Waals surface area contributed by atoms with Gasteiger partial charge in [-0.15, -0.1) is 0 Å². The number of aromatic nitrogens is 1. The molecule has 1 unspecified atom stereocenters. The van der Waals surface area contributed by atoms with Gasteiger partial charge in [0.1, 0.15) is 5.75 Å². The normalized spacial score (nSPS) is 25.7. The zero-order valence-corrected chi connectivity index (χ0v) is 18.9. The lowest BCUT2D eigenvalue weighted by atomic mass is 9.73. The van der Waals surface area contributed by atoms with Crippen molar-refractivity contribution < 1.29 is 23.0 Å². The number of alkyl halides is 3. The van der Waals surface area contributed by atoms with Crippen molar-refractivity contribution >= 4 is 17.0 Å². The van der Waals surface area contributed by atoms with Crippen LogP contribution >= 0.6 is 0 Å². The SMILES string of the molecule is COc1ccc2nccc([C@@H](O)[C@H]3C[C@H]4CCN3C[C@@H]4/C=C/c3ccc(C(F)(F)F)cc3)c2c1. The summed E-state index contributed by atoms with van der Waals surface area (Å²) in [4.78, 5) is 6.77. The number of pyridine rings is 1. The summed E-state index contributed by atoms with van der Waals surface area (Å²) in [5, 5.41) is 12.3. The van der Waals surface area contributed by atoms with Gasteiger partial charge in [0.05, 0.1) is 24.3 Å². The fourth-order valence-corrected chi connectivity index (χ4v) is 5.41. The third-order valence-corrected chi connectivity index (χ3v) is 7.29. The molecule has 3 aromatic rings. The zero-order valence-electron chi connectivity index (χ0n) is 18.9. The van der Waals surface area contributed by atoms with Gasteiger partial charge in [-0.2, -0.15) is 13.2 Å². The molecule has 178 valence electrons. The van der Waals surface area contributed by atoms with Crippen molar-refractivity contribution in [2.45, 2.75) is 31.2 Å². The Labute approximate surface area is 196 Å². The molecule has 0 aliphatic carbocycles. The van der Waals surface area contributed by atoms with Crippen molar-refractivity contribution in [1.82, 2.24) is 9.88 Å². The number of nitrogens with zero attached hydrogens (tertiary/aromatic N) is 2. The number of hydrogen-bond acceptors (Lipinski definition) is 4. The average Bonchev–Trinajstić information content (AvgIpc) is 2.86. The molecule has 1 N–H and O–H groups in total. The van der Waals surface area contributed by atoms with E-state index in [2.05, 4.69) is 16.0 Å². The molecule has 2 aromatic carbocycles. The van der Waals surface area contributed by atoms with Gasteiger partial charge in [0.25, 0.3) is 0 Å². The van der Waals surface area contributed by atoms with Crippen LogP contribution < -0.4 is 4.74 Å². The van der Waals surface area contributed by atoms with Crippen LogP contribution in [-0.2, 0) is 6.18 Å². The molecular weight excluding hydrogens is 441 g/mol. The van der Waals surface area contributed by atoms with Crippen molar-refractivity contribution in [2.75, 3.05) is 20.2 Å². The third kappa shape index (κ3) is 4.42. The van der Waals surface area contributed by atoms with Gasteiger partial charge in [0.15, 0.2) is 0 Å². The Balaban J connectivity index is 1.31. The summed E-state index contributed by atoms with van der Waals surface area (Å²) in [6, 6.07) is 12.9. The first-order valence-electron chi connectivity index (χ1n) is 11.5. The van der Waals surface area contributed by atoms with Gasteiger partial charge in [-0.3, -0.25) is 9.88 Å². The Morgan fingerprint density at radius 2 is 1.94 bits per heavy atom. The molecule has 7 heteroatoms. The molecule has 1 aromatic heterocycles. The highest BCUT2D eigenvalue weighted by Gasteiger charge is 2.42. The van der Waals surface area contributed by atoms with E-state index < -0.39 is 17.8 Å². The van der Waals surface area contributed by atoms with Crippen LogP contribution in [0.3, 0.4) is 0 Å². The predicted octanol–water partition coefficient (Wildman–Crippen LogP) is 5.72. The molecule has 34 heavy (non-hydrogen) atoms. The summed E-state index contributed by atoms with van der Waals surface area (Å²) in [6.07, 6.45) is 2.74. The van der Waals surface area contributed by atoms with E-state index in [0.717, 1.165) is 65.8 Å². The van der Waals surface area contributed by atoms with E-state index in [1.165, 1.54) is 12.1 Å². The summed E-state index contributed by atoms with van der Waals surface area (Å²) < 4.78 is 43.7. The fraction of sp³-hybridized carbons (Fsp3) is 0.370. The molecule has 0 amide bonds. The number of benzene rings is 2. The molecule has 3 aliphatic heterocycles. The summed E-state index contributed by atoms with van der Waals surface area (Å²) in [5.74, 6) is 1.47. The van der Waals surface area contributed by atoms with Gasteiger partial charge < -0.3 is 9.84 Å². The zero-order chi connectivity index (χ0) is 23.9. The minimum atomic E-state index is -4.32. The maximum absolute atomic E-state index is 12.8. The lowest BCUT2D eigenvalue weighted by Gasteiger charge is -2.50. The van der Waals surface area contributed by atoms with Gasteiger partial charge in [0, 0.05) is 24.2 Å². The molecule has 6 rings (SSSR count). The number of rotatable bonds is 5. The number of hydrogen-bond donors (Lipinski definition) is 1. The Bertz CT molecular complexity index is 1190. The highest BCUT2D eigenvalue weighted by atomic mass is 19.4. The second kappa shape index (κ2) is 9.04.